The normalized spacial score (nSPS) is 17.7. The second-order valence-corrected chi connectivity index (χ2v) is 8.75. The van der Waals surface area contributed by atoms with Gasteiger partial charge in [0.25, 0.3) is 0 Å². The molecule has 0 N–H and O–H groups in total. The van der Waals surface area contributed by atoms with E-state index in [2.05, 4.69) is 42.3 Å². The van der Waals surface area contributed by atoms with E-state index in [0.29, 0.717) is 12.8 Å². The van der Waals surface area contributed by atoms with E-state index in [1.54, 1.807) is 14.2 Å². The number of carbonyl (C=O) groups is 1. The molecule has 2 aromatic carbocycles. The quantitative estimate of drug-likeness (QED) is 0.160. The lowest BCUT2D eigenvalue weighted by Gasteiger charge is -2.31. The van der Waals surface area contributed by atoms with Gasteiger partial charge in [-0.2, -0.15) is 0 Å². The van der Waals surface area contributed by atoms with Crippen molar-refractivity contribution in [1.29, 1.82) is 0 Å². The third kappa shape index (κ3) is 6.08. The molecule has 2 unspecified atom stereocenters. The maximum absolute atomic E-state index is 12.2. The van der Waals surface area contributed by atoms with Gasteiger partial charge in [0.1, 0.15) is 17.8 Å². The number of aldehydes is 1. The molecule has 0 fully saturated rings. The number of hydrogen-bond acceptors (Lipinski definition) is 4. The van der Waals surface area contributed by atoms with Crippen LogP contribution < -0.4 is 9.47 Å². The molecule has 1 aliphatic heterocycles. The summed E-state index contributed by atoms with van der Waals surface area (Å²) in [5.74, 6) is 1.71. The zero-order valence-corrected chi connectivity index (χ0v) is 20.8. The molecular weight excluding hydrogens is 422 g/mol. The van der Waals surface area contributed by atoms with Crippen molar-refractivity contribution in [3.63, 3.8) is 0 Å². The van der Waals surface area contributed by atoms with Crippen molar-refractivity contribution >= 4 is 6.29 Å². The number of unbranched alkanes of at least 4 members (excludes halogenated alkanes) is 3. The summed E-state index contributed by atoms with van der Waals surface area (Å²) >= 11 is 0. The van der Waals surface area contributed by atoms with E-state index < -0.39 is 0 Å². The molecule has 4 nitrogen and oxygen atoms in total. The number of para-hydroxylation sites is 2. The molecule has 2 aromatic rings. The highest BCUT2D eigenvalue weighted by molar-refractivity contribution is 5.64. The van der Waals surface area contributed by atoms with Gasteiger partial charge in [0.15, 0.2) is 0 Å². The molecule has 0 amide bonds. The van der Waals surface area contributed by atoms with Crippen LogP contribution in [0.1, 0.15) is 43.7 Å². The second-order valence-electron chi connectivity index (χ2n) is 8.75. The van der Waals surface area contributed by atoms with Crippen LogP contribution in [0.5, 0.6) is 11.5 Å². The van der Waals surface area contributed by atoms with Crippen LogP contribution in [0.4, 0.5) is 0 Å². The van der Waals surface area contributed by atoms with Gasteiger partial charge in [-0.25, -0.2) is 0 Å². The van der Waals surface area contributed by atoms with Crippen LogP contribution in [0.2, 0.25) is 0 Å². The van der Waals surface area contributed by atoms with Gasteiger partial charge in [0.2, 0.25) is 0 Å². The fraction of sp³-hybridized carbons (Fsp3) is 0.400. The van der Waals surface area contributed by atoms with Crippen molar-refractivity contribution in [3.8, 4) is 11.5 Å². The zero-order valence-electron chi connectivity index (χ0n) is 20.8. The SMILES string of the molecule is C=C=C(Cc1ccccc1OC)C1C(Cc2ccccc2OC)=CC(C=O)N1CCCCCC. The van der Waals surface area contributed by atoms with Crippen LogP contribution in [0.3, 0.4) is 0 Å². The topological polar surface area (TPSA) is 38.8 Å². The third-order valence-electron chi connectivity index (χ3n) is 6.58. The molecule has 0 aromatic heterocycles. The molecule has 4 heteroatoms. The zero-order chi connectivity index (χ0) is 24.3. The Morgan fingerprint density at radius 1 is 1.00 bits per heavy atom. The van der Waals surface area contributed by atoms with Crippen LogP contribution >= 0.6 is 0 Å². The van der Waals surface area contributed by atoms with Crippen LogP contribution in [0.25, 0.3) is 0 Å². The van der Waals surface area contributed by atoms with Gasteiger partial charge in [0.05, 0.1) is 26.3 Å². The predicted molar refractivity (Wildman–Crippen MR) is 139 cm³/mol. The van der Waals surface area contributed by atoms with Gasteiger partial charge in [-0.15, -0.1) is 5.73 Å². The van der Waals surface area contributed by atoms with E-state index >= 15 is 0 Å². The summed E-state index contributed by atoms with van der Waals surface area (Å²) in [4.78, 5) is 14.5. The van der Waals surface area contributed by atoms with E-state index in [4.69, 9.17) is 9.47 Å². The maximum Gasteiger partial charge on any atom is 0.141 e. The lowest BCUT2D eigenvalue weighted by molar-refractivity contribution is -0.111. The van der Waals surface area contributed by atoms with Crippen LogP contribution in [0.15, 0.2) is 78.1 Å². The summed E-state index contributed by atoms with van der Waals surface area (Å²) in [5.41, 5.74) is 7.70. The average molecular weight is 460 g/mol. The Kier molecular flexibility index (Phi) is 9.75. The van der Waals surface area contributed by atoms with Crippen molar-refractivity contribution in [1.82, 2.24) is 4.90 Å². The summed E-state index contributed by atoms with van der Waals surface area (Å²) in [6.07, 6.45) is 9.17. The molecule has 2 atom stereocenters. The Morgan fingerprint density at radius 3 is 2.26 bits per heavy atom. The van der Waals surface area contributed by atoms with E-state index in [-0.39, 0.29) is 12.1 Å². The number of carbonyl (C=O) groups excluding carboxylic acids is 1. The van der Waals surface area contributed by atoms with Gasteiger partial charge in [-0.1, -0.05) is 75.2 Å². The first-order valence-electron chi connectivity index (χ1n) is 12.2. The molecule has 0 bridgehead atoms. The second kappa shape index (κ2) is 13.0. The molecule has 1 heterocycles. The minimum Gasteiger partial charge on any atom is -0.496 e. The van der Waals surface area contributed by atoms with Gasteiger partial charge in [0, 0.05) is 13.0 Å². The standard InChI is InChI=1S/C30H37NO3/c1-5-7-8-13-18-31-27(22-32)21-26(20-25-15-10-12-17-29(25)34-4)30(31)23(6-2)19-24-14-9-11-16-28(24)33-3/h9-12,14-17,21-22,27,30H,2,5,7-8,13,18-20H2,1,3-4H3. The highest BCUT2D eigenvalue weighted by Crippen LogP contribution is 2.35. The lowest BCUT2D eigenvalue weighted by atomic mass is 9.90. The molecule has 3 rings (SSSR count). The highest BCUT2D eigenvalue weighted by Gasteiger charge is 2.36. The minimum atomic E-state index is -0.252. The highest BCUT2D eigenvalue weighted by atomic mass is 16.5. The molecule has 0 spiro atoms. The Hall–Kier alpha value is -3.07. The first kappa shape index (κ1) is 25.6. The summed E-state index contributed by atoms with van der Waals surface area (Å²) in [6, 6.07) is 15.9. The van der Waals surface area contributed by atoms with Crippen molar-refractivity contribution in [2.75, 3.05) is 20.8 Å². The number of nitrogens with zero attached hydrogens (tertiary/aromatic N) is 1. The number of hydrogen-bond donors (Lipinski definition) is 0. The fourth-order valence-electron chi connectivity index (χ4n) is 4.87. The summed E-state index contributed by atoms with van der Waals surface area (Å²) in [5, 5.41) is 0. The van der Waals surface area contributed by atoms with Crippen LogP contribution in [-0.4, -0.2) is 44.0 Å². The number of benzene rings is 2. The van der Waals surface area contributed by atoms with E-state index in [9.17, 15) is 4.79 Å². The minimum absolute atomic E-state index is 0.0378. The van der Waals surface area contributed by atoms with Gasteiger partial charge < -0.3 is 14.3 Å². The van der Waals surface area contributed by atoms with Gasteiger partial charge in [-0.3, -0.25) is 4.90 Å². The van der Waals surface area contributed by atoms with Crippen LogP contribution in [0, 0.1) is 0 Å². The van der Waals surface area contributed by atoms with Gasteiger partial charge >= 0.3 is 0 Å². The monoisotopic (exact) mass is 459 g/mol. The van der Waals surface area contributed by atoms with Crippen molar-refractivity contribution in [2.45, 2.75) is 57.5 Å². The van der Waals surface area contributed by atoms with Gasteiger partial charge in [-0.05, 0) is 47.2 Å². The average Bonchev–Trinajstić information content (AvgIpc) is 3.22. The first-order valence-corrected chi connectivity index (χ1v) is 12.2. The van der Waals surface area contributed by atoms with E-state index in [1.807, 2.05) is 36.4 Å². The molecule has 34 heavy (non-hydrogen) atoms. The number of methoxy groups -OCH3 is 2. The predicted octanol–water partition coefficient (Wildman–Crippen LogP) is 5.96. The van der Waals surface area contributed by atoms with E-state index in [0.717, 1.165) is 53.9 Å². The molecule has 1 aliphatic rings. The Morgan fingerprint density at radius 2 is 1.65 bits per heavy atom. The molecule has 180 valence electrons. The smallest absolute Gasteiger partial charge is 0.141 e. The summed E-state index contributed by atoms with van der Waals surface area (Å²) in [7, 11) is 3.39. The lowest BCUT2D eigenvalue weighted by Crippen LogP contribution is -2.41. The third-order valence-corrected chi connectivity index (χ3v) is 6.58. The maximum atomic E-state index is 12.2. The molecule has 0 saturated heterocycles. The largest absolute Gasteiger partial charge is 0.496 e. The Labute approximate surface area is 204 Å². The fourth-order valence-corrected chi connectivity index (χ4v) is 4.87. The number of rotatable bonds is 13. The molecule has 0 radical (unpaired) electrons. The molecular formula is C30H37NO3. The Bertz CT molecular complexity index is 1030. The van der Waals surface area contributed by atoms with Crippen molar-refractivity contribution in [2.24, 2.45) is 0 Å². The van der Waals surface area contributed by atoms with E-state index in [1.165, 1.54) is 18.4 Å². The van der Waals surface area contributed by atoms with Crippen molar-refractivity contribution < 1.29 is 14.3 Å². The first-order chi connectivity index (χ1) is 16.7. The molecule has 0 saturated carbocycles. The Balaban J connectivity index is 1.96. The number of ether oxygens (including phenoxy) is 2. The summed E-state index contributed by atoms with van der Waals surface area (Å²) in [6.45, 7) is 7.13. The molecule has 0 aliphatic carbocycles. The van der Waals surface area contributed by atoms with Crippen molar-refractivity contribution in [3.05, 3.63) is 89.2 Å². The van der Waals surface area contributed by atoms with Crippen LogP contribution in [-0.2, 0) is 17.6 Å². The summed E-state index contributed by atoms with van der Waals surface area (Å²) < 4.78 is 11.2.